The van der Waals surface area contributed by atoms with Crippen LogP contribution in [0.25, 0.3) is 0 Å². The molecule has 0 bridgehead atoms. The first-order chi connectivity index (χ1) is 17.0. The summed E-state index contributed by atoms with van der Waals surface area (Å²) < 4.78 is 26.8. The molecule has 196 valence electrons. The maximum Gasteiger partial charge on any atom is 0.412 e. The Morgan fingerprint density at radius 3 is 2.17 bits per heavy atom. The second kappa shape index (κ2) is 12.8. The molecule has 36 heavy (non-hydrogen) atoms. The molecular weight excluding hydrogens is 464 g/mol. The van der Waals surface area contributed by atoms with Crippen LogP contribution < -0.4 is 24.8 Å². The van der Waals surface area contributed by atoms with Gasteiger partial charge in [0.25, 0.3) is 0 Å². The Kier molecular flexibility index (Phi) is 10.2. The number of carbonyl (C=O) groups excluding carboxylic acids is 2. The smallest absolute Gasteiger partial charge is 0.412 e. The van der Waals surface area contributed by atoms with Gasteiger partial charge in [0.2, 0.25) is 5.75 Å². The summed E-state index contributed by atoms with van der Waals surface area (Å²) in [5, 5.41) is 6.08. The summed E-state index contributed by atoms with van der Waals surface area (Å²) in [6, 6.07) is 10.1. The van der Waals surface area contributed by atoms with Gasteiger partial charge in [-0.2, -0.15) is 0 Å². The second-order valence-corrected chi connectivity index (χ2v) is 8.85. The fourth-order valence-electron chi connectivity index (χ4n) is 3.46. The quantitative estimate of drug-likeness (QED) is 0.328. The molecule has 0 aliphatic rings. The van der Waals surface area contributed by atoms with Gasteiger partial charge in [-0.05, 0) is 63.1 Å². The van der Waals surface area contributed by atoms with Crippen LogP contribution in [0.15, 0.2) is 48.6 Å². The van der Waals surface area contributed by atoms with E-state index in [-0.39, 0.29) is 12.2 Å². The topological polar surface area (TPSA) is 104 Å². The van der Waals surface area contributed by atoms with Gasteiger partial charge in [0, 0.05) is 12.2 Å². The molecule has 2 aromatic carbocycles. The molecule has 0 radical (unpaired) electrons. The SMILES string of the molecule is C=C(C(=O)OCC)[C@@H](NCc1cc(OC)c(OC)c(OC)c1)c1cccc(NC(=O)OC(C)(C)C)c1. The zero-order chi connectivity index (χ0) is 26.9. The maximum atomic E-state index is 12.6. The number of amides is 1. The summed E-state index contributed by atoms with van der Waals surface area (Å²) in [7, 11) is 4.63. The van der Waals surface area contributed by atoms with E-state index in [1.54, 1.807) is 60.1 Å². The van der Waals surface area contributed by atoms with Crippen molar-refractivity contribution in [2.24, 2.45) is 0 Å². The number of hydrogen-bond donors (Lipinski definition) is 2. The number of rotatable bonds is 11. The number of methoxy groups -OCH3 is 3. The van der Waals surface area contributed by atoms with Crippen LogP contribution in [0.2, 0.25) is 0 Å². The lowest BCUT2D eigenvalue weighted by Crippen LogP contribution is -2.28. The number of nitrogens with one attached hydrogen (secondary N) is 2. The maximum absolute atomic E-state index is 12.6. The van der Waals surface area contributed by atoms with Crippen molar-refractivity contribution in [3.05, 3.63) is 59.7 Å². The summed E-state index contributed by atoms with van der Waals surface area (Å²) in [6.45, 7) is 11.6. The van der Waals surface area contributed by atoms with Crippen LogP contribution in [0.3, 0.4) is 0 Å². The number of carbonyl (C=O) groups is 2. The number of anilines is 1. The first-order valence-corrected chi connectivity index (χ1v) is 11.5. The molecule has 0 aliphatic heterocycles. The minimum Gasteiger partial charge on any atom is -0.493 e. The highest BCUT2D eigenvalue weighted by molar-refractivity contribution is 5.90. The predicted molar refractivity (Wildman–Crippen MR) is 138 cm³/mol. The van der Waals surface area contributed by atoms with E-state index >= 15 is 0 Å². The Labute approximate surface area is 212 Å². The van der Waals surface area contributed by atoms with Crippen molar-refractivity contribution in [2.45, 2.75) is 45.9 Å². The fraction of sp³-hybridized carbons (Fsp3) is 0.407. The zero-order valence-corrected chi connectivity index (χ0v) is 22.0. The predicted octanol–water partition coefficient (Wildman–Crippen LogP) is 5.01. The summed E-state index contributed by atoms with van der Waals surface area (Å²) in [4.78, 5) is 24.8. The average molecular weight is 501 g/mol. The first kappa shape index (κ1) is 28.5. The third kappa shape index (κ3) is 7.91. The van der Waals surface area contributed by atoms with Crippen LogP contribution in [0.1, 0.15) is 44.9 Å². The highest BCUT2D eigenvalue weighted by Crippen LogP contribution is 2.38. The molecule has 0 spiro atoms. The minimum atomic E-state index is -0.634. The lowest BCUT2D eigenvalue weighted by Gasteiger charge is -2.23. The van der Waals surface area contributed by atoms with Crippen molar-refractivity contribution in [3.63, 3.8) is 0 Å². The van der Waals surface area contributed by atoms with Crippen LogP contribution in [0, 0.1) is 0 Å². The molecule has 1 amide bonds. The van der Waals surface area contributed by atoms with E-state index in [1.165, 1.54) is 7.11 Å². The molecule has 0 aliphatic carbocycles. The fourth-order valence-corrected chi connectivity index (χ4v) is 3.46. The minimum absolute atomic E-state index is 0.220. The van der Waals surface area contributed by atoms with Crippen LogP contribution in [-0.4, -0.2) is 45.6 Å². The van der Waals surface area contributed by atoms with Crippen molar-refractivity contribution in [1.82, 2.24) is 5.32 Å². The van der Waals surface area contributed by atoms with E-state index in [1.807, 2.05) is 18.2 Å². The van der Waals surface area contributed by atoms with E-state index in [2.05, 4.69) is 17.2 Å². The Morgan fingerprint density at radius 1 is 1.00 bits per heavy atom. The molecule has 9 nitrogen and oxygen atoms in total. The molecule has 2 aromatic rings. The molecular formula is C27H36N2O7. The van der Waals surface area contributed by atoms with Gasteiger partial charge < -0.3 is 29.0 Å². The number of esters is 1. The number of benzene rings is 2. The van der Waals surface area contributed by atoms with E-state index in [9.17, 15) is 9.59 Å². The Bertz CT molecular complexity index is 1050. The van der Waals surface area contributed by atoms with Crippen molar-refractivity contribution in [3.8, 4) is 17.2 Å². The Balaban J connectivity index is 2.35. The van der Waals surface area contributed by atoms with Crippen LogP contribution in [0.4, 0.5) is 10.5 Å². The van der Waals surface area contributed by atoms with Crippen molar-refractivity contribution in [1.29, 1.82) is 0 Å². The number of hydrogen-bond acceptors (Lipinski definition) is 8. The van der Waals surface area contributed by atoms with Gasteiger partial charge in [-0.3, -0.25) is 5.32 Å². The molecule has 0 aromatic heterocycles. The monoisotopic (exact) mass is 500 g/mol. The lowest BCUT2D eigenvalue weighted by molar-refractivity contribution is -0.138. The standard InChI is InChI=1S/C27H36N2O7/c1-9-35-25(30)17(2)23(19-11-10-12-20(15-19)29-26(31)36-27(3,4)5)28-16-18-13-21(32-6)24(34-8)22(14-18)33-7/h10-15,23,28H,2,9,16H2,1,3-8H3,(H,29,31)/t23-/m1/s1. The highest BCUT2D eigenvalue weighted by atomic mass is 16.6. The van der Waals surface area contributed by atoms with E-state index in [4.69, 9.17) is 23.7 Å². The molecule has 2 rings (SSSR count). The van der Waals surface area contributed by atoms with Gasteiger partial charge in [-0.15, -0.1) is 0 Å². The molecule has 2 N–H and O–H groups in total. The van der Waals surface area contributed by atoms with Crippen LogP contribution in [-0.2, 0) is 20.8 Å². The third-order valence-electron chi connectivity index (χ3n) is 4.99. The summed E-state index contributed by atoms with van der Waals surface area (Å²) in [5.41, 5.74) is 1.63. The Morgan fingerprint density at radius 2 is 1.64 bits per heavy atom. The van der Waals surface area contributed by atoms with Crippen LogP contribution in [0.5, 0.6) is 17.2 Å². The summed E-state index contributed by atoms with van der Waals surface area (Å²) in [6.07, 6.45) is -0.578. The largest absolute Gasteiger partial charge is 0.493 e. The summed E-state index contributed by atoms with van der Waals surface area (Å²) >= 11 is 0. The van der Waals surface area contributed by atoms with Gasteiger partial charge in [0.15, 0.2) is 11.5 Å². The van der Waals surface area contributed by atoms with Crippen molar-refractivity contribution in [2.75, 3.05) is 33.3 Å². The van der Waals surface area contributed by atoms with Crippen molar-refractivity contribution < 1.29 is 33.3 Å². The van der Waals surface area contributed by atoms with Gasteiger partial charge in [-0.25, -0.2) is 9.59 Å². The zero-order valence-electron chi connectivity index (χ0n) is 22.0. The van der Waals surface area contributed by atoms with E-state index < -0.39 is 23.7 Å². The first-order valence-electron chi connectivity index (χ1n) is 11.5. The second-order valence-electron chi connectivity index (χ2n) is 8.85. The molecule has 0 saturated carbocycles. The molecule has 0 unspecified atom stereocenters. The molecule has 0 fully saturated rings. The Hall–Kier alpha value is -3.72. The molecule has 9 heteroatoms. The highest BCUT2D eigenvalue weighted by Gasteiger charge is 2.23. The normalized spacial score (nSPS) is 11.8. The van der Waals surface area contributed by atoms with Gasteiger partial charge in [0.05, 0.1) is 39.6 Å². The molecule has 1 atom stereocenters. The van der Waals surface area contributed by atoms with Crippen molar-refractivity contribution >= 4 is 17.7 Å². The van der Waals surface area contributed by atoms with Gasteiger partial charge in [-0.1, -0.05) is 18.7 Å². The van der Waals surface area contributed by atoms with Gasteiger partial charge >= 0.3 is 12.1 Å². The third-order valence-corrected chi connectivity index (χ3v) is 4.99. The lowest BCUT2D eigenvalue weighted by atomic mass is 9.98. The molecule has 0 saturated heterocycles. The van der Waals surface area contributed by atoms with E-state index in [0.717, 1.165) is 5.56 Å². The van der Waals surface area contributed by atoms with Gasteiger partial charge in [0.1, 0.15) is 5.60 Å². The molecule has 0 heterocycles. The van der Waals surface area contributed by atoms with Crippen LogP contribution >= 0.6 is 0 Å². The average Bonchev–Trinajstić information content (AvgIpc) is 2.82. The number of ether oxygens (including phenoxy) is 5. The van der Waals surface area contributed by atoms with E-state index in [0.29, 0.717) is 35.0 Å². The summed E-state index contributed by atoms with van der Waals surface area (Å²) in [5.74, 6) is 0.985.